The van der Waals surface area contributed by atoms with Gasteiger partial charge in [-0.2, -0.15) is 0 Å². The Morgan fingerprint density at radius 3 is 2.29 bits per heavy atom. The summed E-state index contributed by atoms with van der Waals surface area (Å²) in [7, 11) is 2.26. The van der Waals surface area contributed by atoms with Crippen LogP contribution in [0.1, 0.15) is 15.9 Å². The maximum atomic E-state index is 13.6. The van der Waals surface area contributed by atoms with Crippen molar-refractivity contribution in [3.8, 4) is 28.2 Å². The van der Waals surface area contributed by atoms with Crippen LogP contribution in [-0.4, -0.2) is 48.9 Å². The molecule has 0 saturated carbocycles. The van der Waals surface area contributed by atoms with E-state index in [1.807, 2.05) is 0 Å². The van der Waals surface area contributed by atoms with Crippen molar-refractivity contribution in [3.05, 3.63) is 78.1 Å². The molecular formula is C28H27FN2O6S. The summed E-state index contributed by atoms with van der Waals surface area (Å²) in [5, 5.41) is 3.08. The number of methoxy groups -OCH3 is 2. The topological polar surface area (TPSA) is 98.1 Å². The van der Waals surface area contributed by atoms with Gasteiger partial charge < -0.3 is 19.2 Å². The van der Waals surface area contributed by atoms with E-state index in [4.69, 9.17) is 13.9 Å². The summed E-state index contributed by atoms with van der Waals surface area (Å²) in [6, 6.07) is 14.1. The number of ether oxygens (including phenoxy) is 2. The second-order valence-electron chi connectivity index (χ2n) is 8.53. The number of fused-ring (bicyclic) bond motifs is 1. The van der Waals surface area contributed by atoms with Gasteiger partial charge >= 0.3 is 0 Å². The third-order valence-electron chi connectivity index (χ3n) is 6.26. The van der Waals surface area contributed by atoms with Crippen LogP contribution in [-0.2, 0) is 14.8 Å². The van der Waals surface area contributed by atoms with Gasteiger partial charge in [-0.15, -0.1) is 0 Å². The minimum absolute atomic E-state index is 0.229. The molecule has 4 aromatic rings. The summed E-state index contributed by atoms with van der Waals surface area (Å²) in [5.41, 5.74) is 3.04. The quantitative estimate of drug-likeness (QED) is 0.306. The minimum Gasteiger partial charge on any atom is -0.497 e. The fourth-order valence-corrected chi connectivity index (χ4v) is 4.67. The zero-order chi connectivity index (χ0) is 27.8. The summed E-state index contributed by atoms with van der Waals surface area (Å²) in [6.45, 7) is 3.92. The summed E-state index contributed by atoms with van der Waals surface area (Å²) in [6.07, 6.45) is 1.09. The van der Waals surface area contributed by atoms with Crippen molar-refractivity contribution in [1.29, 1.82) is 0 Å². The average Bonchev–Trinajstić information content (AvgIpc) is 3.28. The van der Waals surface area contributed by atoms with Gasteiger partial charge in [0.1, 0.15) is 28.7 Å². The molecule has 10 heteroatoms. The molecule has 0 unspecified atom stereocenters. The first-order chi connectivity index (χ1) is 18.0. The normalized spacial score (nSPS) is 11.3. The minimum atomic E-state index is -3.68. The number of carbonyl (C=O) groups excluding carboxylic acids is 1. The molecule has 1 heterocycles. The molecule has 0 aliphatic carbocycles. The number of benzene rings is 3. The number of nitrogens with one attached hydrogen (secondary N) is 1. The molecular weight excluding hydrogens is 511 g/mol. The fourth-order valence-electron chi connectivity index (χ4n) is 4.16. The van der Waals surface area contributed by atoms with E-state index in [2.05, 4.69) is 11.9 Å². The van der Waals surface area contributed by atoms with Gasteiger partial charge in [-0.1, -0.05) is 12.6 Å². The number of rotatable bonds is 8. The molecule has 0 spiro atoms. The van der Waals surface area contributed by atoms with Crippen molar-refractivity contribution < 1.29 is 31.5 Å². The van der Waals surface area contributed by atoms with E-state index in [0.717, 1.165) is 10.6 Å². The molecule has 3 aromatic carbocycles. The van der Waals surface area contributed by atoms with E-state index in [1.165, 1.54) is 52.6 Å². The first-order valence-electron chi connectivity index (χ1n) is 11.4. The number of amides is 1. The second kappa shape index (κ2) is 10.2. The van der Waals surface area contributed by atoms with E-state index in [1.54, 1.807) is 30.3 Å². The Morgan fingerprint density at radius 2 is 1.71 bits per heavy atom. The van der Waals surface area contributed by atoms with Crippen LogP contribution in [0.25, 0.3) is 39.2 Å². The zero-order valence-corrected chi connectivity index (χ0v) is 22.4. The van der Waals surface area contributed by atoms with E-state index in [9.17, 15) is 17.6 Å². The number of halogens is 1. The Bertz CT molecular complexity index is 1660. The molecule has 0 fully saturated rings. The highest BCUT2D eigenvalue weighted by Gasteiger charge is 2.26. The highest BCUT2D eigenvalue weighted by atomic mass is 32.2. The molecule has 0 aliphatic heterocycles. The molecule has 1 amide bonds. The maximum Gasteiger partial charge on any atom is 0.255 e. The van der Waals surface area contributed by atoms with Gasteiger partial charge in [0.2, 0.25) is 10.0 Å². The predicted octanol–water partition coefficient (Wildman–Crippen LogP) is 5.29. The standard InChI is InChI=1S/C28H27FN2O6S/c1-16(35-4)20-13-18(9-12-24(20)36-5)21-14-22-25(15-23(21)31(3)38(6,33)34)37-27(26(22)28(32)30-2)17-7-10-19(29)11-8-17/h7-15H,1H2,2-6H3,(H,30,32). The van der Waals surface area contributed by atoms with Crippen LogP contribution in [0.4, 0.5) is 10.1 Å². The Balaban J connectivity index is 2.09. The molecule has 1 aromatic heterocycles. The lowest BCUT2D eigenvalue weighted by molar-refractivity contribution is 0.0964. The number of hydrogen-bond acceptors (Lipinski definition) is 6. The van der Waals surface area contributed by atoms with Gasteiger partial charge in [0, 0.05) is 36.7 Å². The van der Waals surface area contributed by atoms with Crippen molar-refractivity contribution in [3.63, 3.8) is 0 Å². The monoisotopic (exact) mass is 538 g/mol. The molecule has 4 rings (SSSR count). The van der Waals surface area contributed by atoms with Crippen LogP contribution in [0.3, 0.4) is 0 Å². The van der Waals surface area contributed by atoms with Gasteiger partial charge in [0.15, 0.2) is 0 Å². The first kappa shape index (κ1) is 26.7. The third-order valence-corrected chi connectivity index (χ3v) is 7.45. The van der Waals surface area contributed by atoms with E-state index in [-0.39, 0.29) is 16.9 Å². The SMILES string of the molecule is C=C(OC)c1cc(-c2cc3c(C(=O)NC)c(-c4ccc(F)cc4)oc3cc2N(C)S(C)(=O)=O)ccc1OC. The zero-order valence-electron chi connectivity index (χ0n) is 21.6. The summed E-state index contributed by atoms with van der Waals surface area (Å²) >= 11 is 0. The first-order valence-corrected chi connectivity index (χ1v) is 13.3. The van der Waals surface area contributed by atoms with Crippen LogP contribution in [0.5, 0.6) is 5.75 Å². The highest BCUT2D eigenvalue weighted by molar-refractivity contribution is 7.92. The van der Waals surface area contributed by atoms with Gasteiger partial charge in [-0.25, -0.2) is 12.8 Å². The lowest BCUT2D eigenvalue weighted by Crippen LogP contribution is -2.25. The van der Waals surface area contributed by atoms with Crippen LogP contribution in [0.15, 0.2) is 65.6 Å². The van der Waals surface area contributed by atoms with E-state index < -0.39 is 21.7 Å². The smallest absolute Gasteiger partial charge is 0.255 e. The van der Waals surface area contributed by atoms with Gasteiger partial charge in [0.05, 0.1) is 37.3 Å². The highest BCUT2D eigenvalue weighted by Crippen LogP contribution is 2.42. The lowest BCUT2D eigenvalue weighted by Gasteiger charge is -2.21. The molecule has 38 heavy (non-hydrogen) atoms. The largest absolute Gasteiger partial charge is 0.497 e. The number of furan rings is 1. The summed E-state index contributed by atoms with van der Waals surface area (Å²) < 4.78 is 56.8. The van der Waals surface area contributed by atoms with Crippen molar-refractivity contribution in [2.45, 2.75) is 0 Å². The number of sulfonamides is 1. The fraction of sp³-hybridized carbons (Fsp3) is 0.179. The maximum absolute atomic E-state index is 13.6. The molecule has 0 aliphatic rings. The average molecular weight is 539 g/mol. The van der Waals surface area contributed by atoms with Crippen LogP contribution >= 0.6 is 0 Å². The number of hydrogen-bond donors (Lipinski definition) is 1. The summed E-state index contributed by atoms with van der Waals surface area (Å²) in [4.78, 5) is 13.0. The predicted molar refractivity (Wildman–Crippen MR) is 146 cm³/mol. The lowest BCUT2D eigenvalue weighted by atomic mass is 9.96. The van der Waals surface area contributed by atoms with Crippen molar-refractivity contribution in [2.75, 3.05) is 38.9 Å². The van der Waals surface area contributed by atoms with Crippen molar-refractivity contribution in [1.82, 2.24) is 5.32 Å². The van der Waals surface area contributed by atoms with Crippen molar-refractivity contribution >= 4 is 38.3 Å². The van der Waals surface area contributed by atoms with E-state index in [0.29, 0.717) is 44.8 Å². The molecule has 1 N–H and O–H groups in total. The van der Waals surface area contributed by atoms with Gasteiger partial charge in [-0.05, 0) is 48.0 Å². The molecule has 8 nitrogen and oxygen atoms in total. The van der Waals surface area contributed by atoms with Crippen LogP contribution < -0.4 is 14.4 Å². The molecule has 0 saturated heterocycles. The van der Waals surface area contributed by atoms with Crippen LogP contribution in [0, 0.1) is 5.82 Å². The Hall–Kier alpha value is -4.31. The molecule has 0 atom stereocenters. The molecule has 0 bridgehead atoms. The molecule has 198 valence electrons. The third kappa shape index (κ3) is 4.82. The molecule has 0 radical (unpaired) electrons. The van der Waals surface area contributed by atoms with Crippen molar-refractivity contribution in [2.24, 2.45) is 0 Å². The van der Waals surface area contributed by atoms with Gasteiger partial charge in [0.25, 0.3) is 5.91 Å². The second-order valence-corrected chi connectivity index (χ2v) is 10.5. The Kier molecular flexibility index (Phi) is 7.19. The Morgan fingerprint density at radius 1 is 1.05 bits per heavy atom. The number of anilines is 1. The van der Waals surface area contributed by atoms with E-state index >= 15 is 0 Å². The van der Waals surface area contributed by atoms with Gasteiger partial charge in [-0.3, -0.25) is 9.10 Å². The Labute approximate surface area is 220 Å². The van der Waals surface area contributed by atoms with Crippen LogP contribution in [0.2, 0.25) is 0 Å². The number of nitrogens with zero attached hydrogens (tertiary/aromatic N) is 1. The number of carbonyl (C=O) groups is 1. The summed E-state index contributed by atoms with van der Waals surface area (Å²) in [5.74, 6) is 0.260.